The Morgan fingerprint density at radius 1 is 0.921 bits per heavy atom. The van der Waals surface area contributed by atoms with Gasteiger partial charge < -0.3 is 13.7 Å². The second kappa shape index (κ2) is 10.9. The summed E-state index contributed by atoms with van der Waals surface area (Å²) >= 11 is 6.43. The van der Waals surface area contributed by atoms with Crippen molar-refractivity contribution in [1.82, 2.24) is 4.57 Å². The Morgan fingerprint density at radius 2 is 1.47 bits per heavy atom. The molecule has 1 heterocycles. The van der Waals surface area contributed by atoms with Crippen LogP contribution in [-0.4, -0.2) is 31.7 Å². The number of benzene rings is 3. The molecule has 0 aliphatic rings. The van der Waals surface area contributed by atoms with Crippen LogP contribution in [0.5, 0.6) is 0 Å². The molecule has 0 saturated heterocycles. The maximum Gasteiger partial charge on any atom is 0.379 e. The smallest absolute Gasteiger partial charge is 0.379 e. The summed E-state index contributed by atoms with van der Waals surface area (Å²) in [6.07, 6.45) is 0. The molecule has 0 amide bonds. The number of ether oxygens (including phenoxy) is 1. The highest BCUT2D eigenvalue weighted by molar-refractivity contribution is 6.74. The lowest BCUT2D eigenvalue weighted by Gasteiger charge is -2.36. The first kappa shape index (κ1) is 27.8. The summed E-state index contributed by atoms with van der Waals surface area (Å²) in [4.78, 5) is 26.2. The van der Waals surface area contributed by atoms with Crippen LogP contribution in [0.15, 0.2) is 78.9 Å². The molecule has 198 valence electrons. The van der Waals surface area contributed by atoms with E-state index in [-0.39, 0.29) is 23.3 Å². The largest absolute Gasteiger partial charge is 0.463 e. The quantitative estimate of drug-likeness (QED) is 0.0976. The number of nitrogens with zero attached hydrogens (tertiary/aromatic N) is 1. The highest BCUT2D eigenvalue weighted by Crippen LogP contribution is 2.41. The predicted molar refractivity (Wildman–Crippen MR) is 155 cm³/mol. The van der Waals surface area contributed by atoms with Gasteiger partial charge in [-0.2, -0.15) is 0 Å². The van der Waals surface area contributed by atoms with E-state index < -0.39 is 20.1 Å². The first-order valence-corrected chi connectivity index (χ1v) is 15.9. The Labute approximate surface area is 230 Å². The zero-order valence-corrected chi connectivity index (χ0v) is 24.5. The van der Waals surface area contributed by atoms with Crippen LogP contribution in [0.1, 0.15) is 54.0 Å². The summed E-state index contributed by atoms with van der Waals surface area (Å²) < 4.78 is 13.7. The summed E-state index contributed by atoms with van der Waals surface area (Å²) in [7, 11) is -1.01. The third-order valence-electron chi connectivity index (χ3n) is 7.53. The number of ketones is 1. The third kappa shape index (κ3) is 5.34. The molecule has 0 aliphatic heterocycles. The van der Waals surface area contributed by atoms with Gasteiger partial charge in [-0.05, 0) is 47.5 Å². The van der Waals surface area contributed by atoms with E-state index in [1.165, 1.54) is 7.11 Å². The molecule has 0 atom stereocenters. The monoisotopic (exact) mass is 547 g/mol. The number of carbonyl (C=O) groups is 2. The molecule has 38 heavy (non-hydrogen) atoms. The predicted octanol–water partition coefficient (Wildman–Crippen LogP) is 7.81. The van der Waals surface area contributed by atoms with Gasteiger partial charge in [0.25, 0.3) is 5.78 Å². The van der Waals surface area contributed by atoms with E-state index in [4.69, 9.17) is 20.8 Å². The zero-order chi connectivity index (χ0) is 27.7. The molecule has 0 unspecified atom stereocenters. The SMILES string of the molecule is COC(=O)C(=O)c1c(CO[Si](C)(C)C(C)(C)C)n(C(c2ccccc2)c2ccccc2)c2ccc(Cl)cc12. The van der Waals surface area contributed by atoms with Gasteiger partial charge in [-0.15, -0.1) is 0 Å². The number of rotatable bonds is 8. The van der Waals surface area contributed by atoms with Crippen molar-refractivity contribution in [2.75, 3.05) is 7.11 Å². The Hall–Kier alpha value is -3.19. The molecule has 0 bridgehead atoms. The van der Waals surface area contributed by atoms with Gasteiger partial charge in [0.05, 0.1) is 36.5 Å². The van der Waals surface area contributed by atoms with Gasteiger partial charge in [0.15, 0.2) is 8.32 Å². The fourth-order valence-corrected chi connectivity index (χ4v) is 5.55. The normalized spacial score (nSPS) is 12.2. The number of carbonyl (C=O) groups excluding carboxylic acids is 2. The number of halogens is 1. The molecule has 0 radical (unpaired) electrons. The number of hydrogen-bond acceptors (Lipinski definition) is 4. The van der Waals surface area contributed by atoms with Gasteiger partial charge in [-0.1, -0.05) is 93.0 Å². The molecule has 5 nitrogen and oxygen atoms in total. The Morgan fingerprint density at radius 3 is 1.97 bits per heavy atom. The molecule has 0 fully saturated rings. The highest BCUT2D eigenvalue weighted by atomic mass is 35.5. The molecule has 0 aliphatic carbocycles. The van der Waals surface area contributed by atoms with Crippen LogP contribution in [0, 0.1) is 0 Å². The van der Waals surface area contributed by atoms with E-state index in [0.717, 1.165) is 16.6 Å². The van der Waals surface area contributed by atoms with Crippen LogP contribution in [0.25, 0.3) is 10.9 Å². The number of esters is 1. The fraction of sp³-hybridized carbons (Fsp3) is 0.290. The van der Waals surface area contributed by atoms with E-state index in [2.05, 4.69) is 62.7 Å². The molecule has 1 aromatic heterocycles. The van der Waals surface area contributed by atoms with Crippen molar-refractivity contribution in [1.29, 1.82) is 0 Å². The lowest BCUT2D eigenvalue weighted by molar-refractivity contribution is -0.135. The van der Waals surface area contributed by atoms with Crippen molar-refractivity contribution in [3.8, 4) is 0 Å². The minimum Gasteiger partial charge on any atom is -0.463 e. The van der Waals surface area contributed by atoms with Crippen LogP contribution < -0.4 is 0 Å². The third-order valence-corrected chi connectivity index (χ3v) is 12.2. The highest BCUT2D eigenvalue weighted by Gasteiger charge is 2.39. The van der Waals surface area contributed by atoms with Crippen LogP contribution in [0.2, 0.25) is 23.2 Å². The van der Waals surface area contributed by atoms with Crippen LogP contribution in [0.3, 0.4) is 0 Å². The van der Waals surface area contributed by atoms with Gasteiger partial charge in [0, 0.05) is 10.4 Å². The van der Waals surface area contributed by atoms with Crippen LogP contribution in [0.4, 0.5) is 0 Å². The van der Waals surface area contributed by atoms with Crippen molar-refractivity contribution < 1.29 is 18.8 Å². The van der Waals surface area contributed by atoms with E-state index >= 15 is 0 Å². The summed E-state index contributed by atoms with van der Waals surface area (Å²) in [6, 6.07) is 25.4. The van der Waals surface area contributed by atoms with Crippen molar-refractivity contribution >= 4 is 42.6 Å². The lowest BCUT2D eigenvalue weighted by atomic mass is 9.98. The summed E-state index contributed by atoms with van der Waals surface area (Å²) in [5, 5.41) is 1.03. The minimum atomic E-state index is -2.22. The summed E-state index contributed by atoms with van der Waals surface area (Å²) in [5.74, 6) is -1.64. The van der Waals surface area contributed by atoms with Gasteiger partial charge in [0.1, 0.15) is 0 Å². The maximum atomic E-state index is 13.6. The maximum absolute atomic E-state index is 13.6. The number of fused-ring (bicyclic) bond motifs is 1. The van der Waals surface area contributed by atoms with Crippen molar-refractivity contribution in [3.63, 3.8) is 0 Å². The van der Waals surface area contributed by atoms with E-state index in [9.17, 15) is 9.59 Å². The van der Waals surface area contributed by atoms with Crippen molar-refractivity contribution in [3.05, 3.63) is 106 Å². The number of methoxy groups -OCH3 is 1. The topological polar surface area (TPSA) is 57.5 Å². The van der Waals surface area contributed by atoms with Crippen molar-refractivity contribution in [2.24, 2.45) is 0 Å². The standard InChI is InChI=1S/C31H34ClNO4Si/c1-31(2,3)38(5,6)37-20-26-27(29(34)30(35)36-4)24-19-23(32)17-18-25(24)33(26)28(21-13-9-7-10-14-21)22-15-11-8-12-16-22/h7-19,28H,20H2,1-6H3. The second-order valence-electron chi connectivity index (χ2n) is 10.9. The van der Waals surface area contributed by atoms with Crippen molar-refractivity contribution in [2.45, 2.75) is 51.6 Å². The van der Waals surface area contributed by atoms with Crippen LogP contribution >= 0.6 is 11.6 Å². The molecule has 0 spiro atoms. The number of aromatic nitrogens is 1. The average Bonchev–Trinajstić information content (AvgIpc) is 3.20. The van der Waals surface area contributed by atoms with Crippen LogP contribution in [-0.2, 0) is 20.6 Å². The number of Topliss-reactive ketones (excluding diaryl/α,β-unsaturated/α-hetero) is 1. The molecule has 7 heteroatoms. The Bertz CT molecular complexity index is 1420. The fourth-order valence-electron chi connectivity index (χ4n) is 4.45. The second-order valence-corrected chi connectivity index (χ2v) is 16.2. The van der Waals surface area contributed by atoms with E-state index in [0.29, 0.717) is 16.1 Å². The lowest BCUT2D eigenvalue weighted by Crippen LogP contribution is -2.41. The molecule has 0 N–H and O–H groups in total. The molecule has 4 aromatic rings. The molecular weight excluding hydrogens is 514 g/mol. The van der Waals surface area contributed by atoms with Gasteiger partial charge in [-0.25, -0.2) is 4.79 Å². The first-order valence-electron chi connectivity index (χ1n) is 12.6. The zero-order valence-electron chi connectivity index (χ0n) is 22.7. The summed E-state index contributed by atoms with van der Waals surface area (Å²) in [5.41, 5.74) is 3.76. The molecule has 0 saturated carbocycles. The van der Waals surface area contributed by atoms with E-state index in [1.54, 1.807) is 12.1 Å². The van der Waals surface area contributed by atoms with Gasteiger partial charge in [0.2, 0.25) is 0 Å². The Balaban J connectivity index is 2.08. The summed E-state index contributed by atoms with van der Waals surface area (Å²) in [6.45, 7) is 11.0. The molecule has 4 rings (SSSR count). The average molecular weight is 548 g/mol. The minimum absolute atomic E-state index is 0.0437. The molecular formula is C31H34ClNO4Si. The molecule has 3 aromatic carbocycles. The Kier molecular flexibility index (Phi) is 7.97. The van der Waals surface area contributed by atoms with Gasteiger partial charge in [-0.3, -0.25) is 4.79 Å². The van der Waals surface area contributed by atoms with Gasteiger partial charge >= 0.3 is 5.97 Å². The first-order chi connectivity index (χ1) is 18.0. The van der Waals surface area contributed by atoms with E-state index in [1.807, 2.05) is 42.5 Å². The number of hydrogen-bond donors (Lipinski definition) is 0.